The van der Waals surface area contributed by atoms with Crippen molar-refractivity contribution < 1.29 is 17.9 Å². The van der Waals surface area contributed by atoms with Crippen molar-refractivity contribution in [2.24, 2.45) is 11.3 Å². The van der Waals surface area contributed by atoms with Crippen LogP contribution in [0, 0.1) is 11.3 Å². The predicted octanol–water partition coefficient (Wildman–Crippen LogP) is 4.23. The molecule has 0 aromatic heterocycles. The van der Waals surface area contributed by atoms with Crippen molar-refractivity contribution in [1.29, 1.82) is 0 Å². The highest BCUT2D eigenvalue weighted by Crippen LogP contribution is 2.38. The normalized spacial score (nSPS) is 24.7. The number of carbonyl (C=O) groups is 1. The van der Waals surface area contributed by atoms with Gasteiger partial charge in [-0.3, -0.25) is 0 Å². The molecule has 1 aliphatic carbocycles. The van der Waals surface area contributed by atoms with Gasteiger partial charge in [-0.15, -0.1) is 0 Å². The van der Waals surface area contributed by atoms with E-state index in [9.17, 15) is 13.2 Å². The number of nitrogens with zero attached hydrogens (tertiary/aromatic N) is 1. The summed E-state index contributed by atoms with van der Waals surface area (Å²) in [7, 11) is -3.53. The van der Waals surface area contributed by atoms with Crippen LogP contribution in [0.15, 0.2) is 29.2 Å². The predicted molar refractivity (Wildman–Crippen MR) is 105 cm³/mol. The molecule has 1 saturated heterocycles. The molecule has 0 atom stereocenters. The Hall–Kier alpha value is -1.40. The molecule has 1 aliphatic heterocycles. The van der Waals surface area contributed by atoms with Crippen LogP contribution in [0.2, 0.25) is 0 Å². The summed E-state index contributed by atoms with van der Waals surface area (Å²) in [6.07, 6.45) is 5.57. The van der Waals surface area contributed by atoms with Gasteiger partial charge in [0.25, 0.3) is 0 Å². The van der Waals surface area contributed by atoms with E-state index in [-0.39, 0.29) is 16.4 Å². The van der Waals surface area contributed by atoms with Crippen LogP contribution in [-0.4, -0.2) is 37.9 Å². The standard InChI is InChI=1S/C21H31NO4S/c1-21(2,3)17-9-11-18(12-10-17)26-20(23)16-7-6-8-19(15-16)27(24,25)22-13-4-5-14-22/h6-8,15,17-18H,4-5,9-14H2,1-3H3. The highest BCUT2D eigenvalue weighted by molar-refractivity contribution is 7.89. The van der Waals surface area contributed by atoms with Gasteiger partial charge in [-0.2, -0.15) is 4.31 Å². The van der Waals surface area contributed by atoms with E-state index in [1.807, 2.05) is 0 Å². The second-order valence-electron chi connectivity index (χ2n) is 8.88. The van der Waals surface area contributed by atoms with Crippen LogP contribution in [0.25, 0.3) is 0 Å². The Morgan fingerprint density at radius 2 is 1.70 bits per heavy atom. The molecule has 1 heterocycles. The summed E-state index contributed by atoms with van der Waals surface area (Å²) in [6, 6.07) is 6.26. The summed E-state index contributed by atoms with van der Waals surface area (Å²) in [5.74, 6) is 0.231. The first-order chi connectivity index (χ1) is 12.7. The van der Waals surface area contributed by atoms with Gasteiger partial charge in [-0.05, 0) is 68.1 Å². The third-order valence-corrected chi connectivity index (χ3v) is 7.84. The molecule has 3 rings (SSSR count). The highest BCUT2D eigenvalue weighted by atomic mass is 32.2. The Morgan fingerprint density at radius 3 is 2.30 bits per heavy atom. The fourth-order valence-electron chi connectivity index (χ4n) is 4.13. The second kappa shape index (κ2) is 7.92. The second-order valence-corrected chi connectivity index (χ2v) is 10.8. The average Bonchev–Trinajstić information content (AvgIpc) is 3.17. The zero-order valence-electron chi connectivity index (χ0n) is 16.6. The van der Waals surface area contributed by atoms with Crippen molar-refractivity contribution in [1.82, 2.24) is 4.31 Å². The molecule has 1 aromatic carbocycles. The van der Waals surface area contributed by atoms with Gasteiger partial charge in [0.15, 0.2) is 0 Å². The third-order valence-electron chi connectivity index (χ3n) is 5.95. The molecule has 0 unspecified atom stereocenters. The van der Waals surface area contributed by atoms with E-state index < -0.39 is 16.0 Å². The maximum Gasteiger partial charge on any atom is 0.338 e. The van der Waals surface area contributed by atoms with Crippen molar-refractivity contribution in [3.63, 3.8) is 0 Å². The van der Waals surface area contributed by atoms with Gasteiger partial charge >= 0.3 is 5.97 Å². The van der Waals surface area contributed by atoms with Crippen LogP contribution in [0.3, 0.4) is 0 Å². The van der Waals surface area contributed by atoms with Gasteiger partial charge in [0.2, 0.25) is 10.0 Å². The lowest BCUT2D eigenvalue weighted by atomic mass is 9.72. The van der Waals surface area contributed by atoms with E-state index in [1.165, 1.54) is 10.4 Å². The molecule has 0 spiro atoms. The molecular formula is C21H31NO4S. The Labute approximate surface area is 163 Å². The first kappa shape index (κ1) is 20.3. The van der Waals surface area contributed by atoms with Crippen molar-refractivity contribution >= 4 is 16.0 Å². The van der Waals surface area contributed by atoms with E-state index in [1.54, 1.807) is 18.2 Å². The largest absolute Gasteiger partial charge is 0.459 e. The minimum atomic E-state index is -3.53. The van der Waals surface area contributed by atoms with E-state index in [2.05, 4.69) is 20.8 Å². The van der Waals surface area contributed by atoms with E-state index >= 15 is 0 Å². The Kier molecular flexibility index (Phi) is 5.96. The SMILES string of the molecule is CC(C)(C)C1CCC(OC(=O)c2cccc(S(=O)(=O)N3CCCC3)c2)CC1. The molecule has 2 aliphatic rings. The molecule has 150 valence electrons. The van der Waals surface area contributed by atoms with Crippen LogP contribution < -0.4 is 0 Å². The van der Waals surface area contributed by atoms with Crippen LogP contribution in [-0.2, 0) is 14.8 Å². The fraction of sp³-hybridized carbons (Fsp3) is 0.667. The molecular weight excluding hydrogens is 362 g/mol. The minimum absolute atomic E-state index is 0.0741. The lowest BCUT2D eigenvalue weighted by Gasteiger charge is -2.36. The molecule has 0 amide bonds. The smallest absolute Gasteiger partial charge is 0.338 e. The van der Waals surface area contributed by atoms with Crippen LogP contribution >= 0.6 is 0 Å². The topological polar surface area (TPSA) is 63.7 Å². The summed E-state index contributed by atoms with van der Waals surface area (Å²) >= 11 is 0. The van der Waals surface area contributed by atoms with Gasteiger partial charge in [-0.1, -0.05) is 26.8 Å². The summed E-state index contributed by atoms with van der Waals surface area (Å²) in [5, 5.41) is 0. The number of ether oxygens (including phenoxy) is 1. The van der Waals surface area contributed by atoms with Crippen molar-refractivity contribution in [3.8, 4) is 0 Å². The number of esters is 1. The fourth-order valence-corrected chi connectivity index (χ4v) is 5.69. The van der Waals surface area contributed by atoms with Crippen molar-refractivity contribution in [3.05, 3.63) is 29.8 Å². The van der Waals surface area contributed by atoms with E-state index in [4.69, 9.17) is 4.74 Å². The Morgan fingerprint density at radius 1 is 1.07 bits per heavy atom. The first-order valence-corrected chi connectivity index (χ1v) is 11.4. The quantitative estimate of drug-likeness (QED) is 0.718. The molecule has 0 N–H and O–H groups in total. The van der Waals surface area contributed by atoms with Gasteiger partial charge in [0.1, 0.15) is 6.10 Å². The van der Waals surface area contributed by atoms with Gasteiger partial charge < -0.3 is 4.74 Å². The van der Waals surface area contributed by atoms with E-state index in [0.717, 1.165) is 38.5 Å². The highest BCUT2D eigenvalue weighted by Gasteiger charge is 2.32. The average molecular weight is 394 g/mol. The molecule has 1 saturated carbocycles. The Balaban J connectivity index is 1.64. The maximum absolute atomic E-state index is 12.7. The molecule has 6 heteroatoms. The van der Waals surface area contributed by atoms with Crippen molar-refractivity contribution in [2.45, 2.75) is 70.3 Å². The van der Waals surface area contributed by atoms with Gasteiger partial charge in [-0.25, -0.2) is 13.2 Å². The van der Waals surface area contributed by atoms with Crippen molar-refractivity contribution in [2.75, 3.05) is 13.1 Å². The van der Waals surface area contributed by atoms with Crippen LogP contribution in [0.4, 0.5) is 0 Å². The molecule has 2 fully saturated rings. The summed E-state index contributed by atoms with van der Waals surface area (Å²) in [6.45, 7) is 7.88. The first-order valence-electron chi connectivity index (χ1n) is 9.99. The lowest BCUT2D eigenvalue weighted by Crippen LogP contribution is -2.30. The number of rotatable bonds is 4. The van der Waals surface area contributed by atoms with E-state index in [0.29, 0.717) is 24.6 Å². The number of hydrogen-bond acceptors (Lipinski definition) is 4. The molecule has 27 heavy (non-hydrogen) atoms. The maximum atomic E-state index is 12.7. The molecule has 0 radical (unpaired) electrons. The van der Waals surface area contributed by atoms with Crippen LogP contribution in [0.5, 0.6) is 0 Å². The van der Waals surface area contributed by atoms with Crippen LogP contribution in [0.1, 0.15) is 69.7 Å². The third kappa shape index (κ3) is 4.72. The zero-order chi connectivity index (χ0) is 19.7. The van der Waals surface area contributed by atoms with Gasteiger partial charge in [0.05, 0.1) is 10.5 Å². The Bertz CT molecular complexity index is 768. The van der Waals surface area contributed by atoms with Gasteiger partial charge in [0, 0.05) is 13.1 Å². The molecule has 0 bridgehead atoms. The number of benzene rings is 1. The summed E-state index contributed by atoms with van der Waals surface area (Å²) in [4.78, 5) is 12.7. The minimum Gasteiger partial charge on any atom is -0.459 e. The molecule has 5 nitrogen and oxygen atoms in total. The number of hydrogen-bond donors (Lipinski definition) is 0. The zero-order valence-corrected chi connectivity index (χ0v) is 17.4. The lowest BCUT2D eigenvalue weighted by molar-refractivity contribution is 0.00927. The number of sulfonamides is 1. The molecule has 1 aromatic rings. The number of carbonyl (C=O) groups excluding carboxylic acids is 1. The summed E-state index contributed by atoms with van der Waals surface area (Å²) in [5.41, 5.74) is 0.598. The monoisotopic (exact) mass is 393 g/mol. The summed E-state index contributed by atoms with van der Waals surface area (Å²) < 4.78 is 32.6.